The standard InChI is InChI=1S/C24H26N2O2/c1-5-16-15-26(23(27)28-24(2,3)4)22(17-11-7-6-8-12-17)21-20(16)18-13-9-10-14-19(18)25-21/h5-14,16,22,25H,1,15H2,2-4H3/t16-,22-/m0/s1. The van der Waals surface area contributed by atoms with Crippen LogP contribution in [-0.2, 0) is 4.74 Å². The molecule has 0 spiro atoms. The number of rotatable bonds is 2. The van der Waals surface area contributed by atoms with Crippen LogP contribution < -0.4 is 0 Å². The lowest BCUT2D eigenvalue weighted by Gasteiger charge is -2.39. The van der Waals surface area contributed by atoms with E-state index in [-0.39, 0.29) is 18.1 Å². The van der Waals surface area contributed by atoms with Crippen molar-refractivity contribution in [3.8, 4) is 0 Å². The topological polar surface area (TPSA) is 45.3 Å². The van der Waals surface area contributed by atoms with Crippen LogP contribution in [0.25, 0.3) is 10.9 Å². The molecule has 1 aliphatic heterocycles. The van der Waals surface area contributed by atoms with Crippen molar-refractivity contribution in [1.82, 2.24) is 9.88 Å². The number of aromatic amines is 1. The van der Waals surface area contributed by atoms with Crippen molar-refractivity contribution < 1.29 is 9.53 Å². The van der Waals surface area contributed by atoms with Crippen LogP contribution in [0.5, 0.6) is 0 Å². The van der Waals surface area contributed by atoms with Gasteiger partial charge in [-0.2, -0.15) is 0 Å². The van der Waals surface area contributed by atoms with Gasteiger partial charge >= 0.3 is 6.09 Å². The normalized spacial score (nSPS) is 19.3. The molecule has 0 saturated heterocycles. The molecular weight excluding hydrogens is 348 g/mol. The first kappa shape index (κ1) is 18.4. The largest absolute Gasteiger partial charge is 0.444 e. The van der Waals surface area contributed by atoms with Gasteiger partial charge in [-0.15, -0.1) is 6.58 Å². The van der Waals surface area contributed by atoms with E-state index < -0.39 is 5.60 Å². The number of hydrogen-bond acceptors (Lipinski definition) is 2. The molecule has 4 heteroatoms. The van der Waals surface area contributed by atoms with Gasteiger partial charge in [-0.1, -0.05) is 54.6 Å². The van der Waals surface area contributed by atoms with Gasteiger partial charge < -0.3 is 9.72 Å². The maximum absolute atomic E-state index is 13.1. The number of benzene rings is 2. The van der Waals surface area contributed by atoms with Crippen LogP contribution in [0.1, 0.15) is 49.6 Å². The molecule has 1 N–H and O–H groups in total. The monoisotopic (exact) mass is 374 g/mol. The van der Waals surface area contributed by atoms with Gasteiger partial charge in [-0.3, -0.25) is 4.90 Å². The summed E-state index contributed by atoms with van der Waals surface area (Å²) in [5.74, 6) is 0.0404. The molecule has 2 aromatic carbocycles. The highest BCUT2D eigenvalue weighted by molar-refractivity contribution is 5.87. The summed E-state index contributed by atoms with van der Waals surface area (Å²) >= 11 is 0. The number of carbonyl (C=O) groups is 1. The van der Waals surface area contributed by atoms with Gasteiger partial charge in [0.25, 0.3) is 0 Å². The van der Waals surface area contributed by atoms with Gasteiger partial charge in [0.05, 0.1) is 0 Å². The summed E-state index contributed by atoms with van der Waals surface area (Å²) < 4.78 is 5.75. The Balaban J connectivity index is 1.90. The van der Waals surface area contributed by atoms with Crippen molar-refractivity contribution in [1.29, 1.82) is 0 Å². The number of nitrogens with zero attached hydrogens (tertiary/aromatic N) is 1. The second-order valence-corrected chi connectivity index (χ2v) is 8.29. The van der Waals surface area contributed by atoms with E-state index in [4.69, 9.17) is 4.74 Å². The lowest BCUT2D eigenvalue weighted by molar-refractivity contribution is 0.0165. The van der Waals surface area contributed by atoms with E-state index in [1.165, 1.54) is 10.9 Å². The van der Waals surface area contributed by atoms with Gasteiger partial charge in [-0.25, -0.2) is 4.79 Å². The Labute approximate surface area is 165 Å². The molecule has 1 aromatic heterocycles. The maximum atomic E-state index is 13.1. The number of nitrogens with one attached hydrogen (secondary N) is 1. The first-order chi connectivity index (χ1) is 13.4. The number of hydrogen-bond donors (Lipinski definition) is 1. The molecule has 1 amide bonds. The minimum atomic E-state index is -0.553. The number of carbonyl (C=O) groups excluding carboxylic acids is 1. The van der Waals surface area contributed by atoms with Crippen molar-refractivity contribution in [2.45, 2.75) is 38.3 Å². The Morgan fingerprint density at radius 3 is 2.50 bits per heavy atom. The van der Waals surface area contributed by atoms with Crippen molar-refractivity contribution >= 4 is 17.0 Å². The summed E-state index contributed by atoms with van der Waals surface area (Å²) in [5, 5.41) is 1.19. The molecular formula is C24H26N2O2. The third-order valence-corrected chi connectivity index (χ3v) is 5.15. The van der Waals surface area contributed by atoms with Crippen LogP contribution >= 0.6 is 0 Å². The van der Waals surface area contributed by atoms with E-state index in [1.54, 1.807) is 0 Å². The van der Waals surface area contributed by atoms with E-state index in [9.17, 15) is 4.79 Å². The van der Waals surface area contributed by atoms with Crippen molar-refractivity contribution in [2.24, 2.45) is 0 Å². The van der Waals surface area contributed by atoms with E-state index in [0.717, 1.165) is 16.8 Å². The zero-order valence-electron chi connectivity index (χ0n) is 16.6. The molecule has 2 atom stereocenters. The summed E-state index contributed by atoms with van der Waals surface area (Å²) in [5.41, 5.74) is 3.84. The van der Waals surface area contributed by atoms with Crippen LogP contribution in [0.2, 0.25) is 0 Å². The molecule has 0 aliphatic carbocycles. The fraction of sp³-hybridized carbons (Fsp3) is 0.292. The fourth-order valence-corrected chi connectivity index (χ4v) is 4.04. The summed E-state index contributed by atoms with van der Waals surface area (Å²) in [6.07, 6.45) is 1.62. The molecule has 4 rings (SSSR count). The molecule has 144 valence electrons. The predicted molar refractivity (Wildman–Crippen MR) is 112 cm³/mol. The quantitative estimate of drug-likeness (QED) is 0.578. The summed E-state index contributed by atoms with van der Waals surface area (Å²) in [4.78, 5) is 18.5. The number of fused-ring (bicyclic) bond motifs is 3. The summed E-state index contributed by atoms with van der Waals surface area (Å²) in [7, 11) is 0. The predicted octanol–water partition coefficient (Wildman–Crippen LogP) is 5.78. The van der Waals surface area contributed by atoms with E-state index in [0.29, 0.717) is 6.54 Å². The average molecular weight is 374 g/mol. The fourth-order valence-electron chi connectivity index (χ4n) is 4.04. The molecule has 28 heavy (non-hydrogen) atoms. The Morgan fingerprint density at radius 2 is 1.82 bits per heavy atom. The first-order valence-corrected chi connectivity index (χ1v) is 9.66. The molecule has 0 unspecified atom stereocenters. The number of ether oxygens (including phenoxy) is 1. The molecule has 2 heterocycles. The number of para-hydroxylation sites is 1. The number of amides is 1. The number of H-pyrrole nitrogens is 1. The van der Waals surface area contributed by atoms with E-state index >= 15 is 0 Å². The molecule has 1 aliphatic rings. The van der Waals surface area contributed by atoms with Crippen molar-refractivity contribution in [2.75, 3.05) is 6.54 Å². The van der Waals surface area contributed by atoms with Gasteiger partial charge in [0.2, 0.25) is 0 Å². The average Bonchev–Trinajstić information content (AvgIpc) is 3.05. The Bertz CT molecular complexity index is 1010. The zero-order valence-corrected chi connectivity index (χ0v) is 16.6. The summed E-state index contributed by atoms with van der Waals surface area (Å²) in [6.45, 7) is 10.3. The molecule has 0 radical (unpaired) electrons. The van der Waals surface area contributed by atoms with Crippen LogP contribution in [0, 0.1) is 0 Å². The van der Waals surface area contributed by atoms with Gasteiger partial charge in [0, 0.05) is 29.1 Å². The van der Waals surface area contributed by atoms with E-state index in [2.05, 4.69) is 35.8 Å². The van der Waals surface area contributed by atoms with Crippen LogP contribution in [-0.4, -0.2) is 28.1 Å². The highest BCUT2D eigenvalue weighted by Crippen LogP contribution is 2.44. The van der Waals surface area contributed by atoms with Crippen molar-refractivity contribution in [3.05, 3.63) is 84.1 Å². The third-order valence-electron chi connectivity index (χ3n) is 5.15. The highest BCUT2D eigenvalue weighted by Gasteiger charge is 2.40. The SMILES string of the molecule is C=C[C@H]1CN(C(=O)OC(C)(C)C)[C@@H](c2ccccc2)c2[nH]c3ccccc3c21. The second kappa shape index (κ2) is 6.86. The number of aromatic nitrogens is 1. The van der Waals surface area contributed by atoms with Crippen LogP contribution in [0.4, 0.5) is 4.79 Å². The molecule has 0 bridgehead atoms. The van der Waals surface area contributed by atoms with Gasteiger partial charge in [-0.05, 0) is 38.0 Å². The maximum Gasteiger partial charge on any atom is 0.411 e. The zero-order chi connectivity index (χ0) is 19.9. The van der Waals surface area contributed by atoms with E-state index in [1.807, 2.05) is 62.1 Å². The smallest absolute Gasteiger partial charge is 0.411 e. The minimum absolute atomic E-state index is 0.0404. The van der Waals surface area contributed by atoms with Gasteiger partial charge in [0.15, 0.2) is 0 Å². The van der Waals surface area contributed by atoms with Crippen LogP contribution in [0.15, 0.2) is 67.3 Å². The highest BCUT2D eigenvalue weighted by atomic mass is 16.6. The first-order valence-electron chi connectivity index (χ1n) is 9.66. The molecule has 0 fully saturated rings. The lowest BCUT2D eigenvalue weighted by Crippen LogP contribution is -2.44. The Kier molecular flexibility index (Phi) is 4.50. The molecule has 3 aromatic rings. The summed E-state index contributed by atoms with van der Waals surface area (Å²) in [6, 6.07) is 18.2. The second-order valence-electron chi connectivity index (χ2n) is 8.29. The molecule has 0 saturated carbocycles. The Morgan fingerprint density at radius 1 is 1.14 bits per heavy atom. The Hall–Kier alpha value is -3.01. The van der Waals surface area contributed by atoms with Crippen molar-refractivity contribution in [3.63, 3.8) is 0 Å². The lowest BCUT2D eigenvalue weighted by atomic mass is 9.86. The minimum Gasteiger partial charge on any atom is -0.444 e. The van der Waals surface area contributed by atoms with Gasteiger partial charge in [0.1, 0.15) is 11.6 Å². The molecule has 4 nitrogen and oxygen atoms in total. The van der Waals surface area contributed by atoms with Crippen LogP contribution in [0.3, 0.4) is 0 Å². The third kappa shape index (κ3) is 3.19.